The maximum Gasteiger partial charge on any atom is 0.273 e. The normalized spacial score (nSPS) is 15.8. The highest BCUT2D eigenvalue weighted by atomic mass is 19.1. The molecule has 3 N–H and O–H groups in total. The van der Waals surface area contributed by atoms with Gasteiger partial charge < -0.3 is 15.1 Å². The number of rotatable bonds is 5. The number of amides is 1. The Labute approximate surface area is 167 Å². The van der Waals surface area contributed by atoms with Crippen LogP contribution >= 0.6 is 0 Å². The van der Waals surface area contributed by atoms with Crippen LogP contribution in [0, 0.1) is 19.7 Å². The number of phenolic OH excluding ortho intramolecular Hbond substituents is 1. The van der Waals surface area contributed by atoms with Crippen molar-refractivity contribution < 1.29 is 19.4 Å². The number of hydrogen-bond donors (Lipinski definition) is 3. The Hall–Kier alpha value is -3.19. The molecule has 0 bridgehead atoms. The molecule has 0 fully saturated rings. The number of nitrogens with one attached hydrogen (secondary N) is 1. The first-order valence-corrected chi connectivity index (χ1v) is 9.49. The Bertz CT molecular complexity index is 1070. The number of aliphatic hydroxyl groups excluding tert-OH is 1. The van der Waals surface area contributed by atoms with Gasteiger partial charge in [-0.05, 0) is 43.5 Å². The number of aromatic amines is 1. The van der Waals surface area contributed by atoms with E-state index in [1.54, 1.807) is 29.2 Å². The van der Waals surface area contributed by atoms with E-state index < -0.39 is 11.9 Å². The zero-order valence-corrected chi connectivity index (χ0v) is 16.2. The molecule has 0 unspecified atom stereocenters. The SMILES string of the molecule is Cc1cc(C)c(-c2n[nH]c3c2[C@H](c2ccccc2F)N(CCCO)C3=O)c(O)c1. The van der Waals surface area contributed by atoms with Crippen LogP contribution in [0.2, 0.25) is 0 Å². The summed E-state index contributed by atoms with van der Waals surface area (Å²) in [4.78, 5) is 14.6. The van der Waals surface area contributed by atoms with Gasteiger partial charge in [-0.1, -0.05) is 24.3 Å². The van der Waals surface area contributed by atoms with Gasteiger partial charge in [0.2, 0.25) is 0 Å². The second kappa shape index (κ2) is 7.33. The summed E-state index contributed by atoms with van der Waals surface area (Å²) in [6.45, 7) is 3.94. The molecule has 6 nitrogen and oxygen atoms in total. The number of hydrogen-bond acceptors (Lipinski definition) is 4. The summed E-state index contributed by atoms with van der Waals surface area (Å²) in [5.41, 5.74) is 3.84. The van der Waals surface area contributed by atoms with E-state index in [9.17, 15) is 19.4 Å². The first-order valence-electron chi connectivity index (χ1n) is 9.49. The molecule has 1 atom stereocenters. The van der Waals surface area contributed by atoms with Crippen molar-refractivity contribution in [1.29, 1.82) is 0 Å². The molecule has 29 heavy (non-hydrogen) atoms. The van der Waals surface area contributed by atoms with Crippen LogP contribution in [0.1, 0.15) is 45.2 Å². The predicted molar refractivity (Wildman–Crippen MR) is 106 cm³/mol. The monoisotopic (exact) mass is 395 g/mol. The molecular formula is C22H22FN3O3. The second-order valence-electron chi connectivity index (χ2n) is 7.34. The molecule has 1 aliphatic heterocycles. The van der Waals surface area contributed by atoms with Crippen LogP contribution in [-0.4, -0.2) is 44.4 Å². The number of carbonyl (C=O) groups is 1. The summed E-state index contributed by atoms with van der Waals surface area (Å²) in [6, 6.07) is 9.19. The third kappa shape index (κ3) is 3.07. The Balaban J connectivity index is 1.94. The Morgan fingerprint density at radius 3 is 2.69 bits per heavy atom. The van der Waals surface area contributed by atoms with E-state index in [1.807, 2.05) is 19.9 Å². The van der Waals surface area contributed by atoms with Crippen LogP contribution < -0.4 is 0 Å². The first-order chi connectivity index (χ1) is 13.9. The van der Waals surface area contributed by atoms with Crippen molar-refractivity contribution in [2.24, 2.45) is 0 Å². The molecule has 0 saturated heterocycles. The Morgan fingerprint density at radius 1 is 1.24 bits per heavy atom. The fraction of sp³-hybridized carbons (Fsp3) is 0.273. The molecule has 0 saturated carbocycles. The van der Waals surface area contributed by atoms with E-state index in [4.69, 9.17) is 0 Å². The molecule has 1 aliphatic rings. The van der Waals surface area contributed by atoms with Crippen molar-refractivity contribution in [1.82, 2.24) is 15.1 Å². The summed E-state index contributed by atoms with van der Waals surface area (Å²) in [5.74, 6) is -0.667. The van der Waals surface area contributed by atoms with E-state index in [-0.39, 0.29) is 30.5 Å². The minimum absolute atomic E-state index is 0.0605. The molecule has 7 heteroatoms. The predicted octanol–water partition coefficient (Wildman–Crippen LogP) is 3.47. The summed E-state index contributed by atoms with van der Waals surface area (Å²) in [5, 5.41) is 27.0. The van der Waals surface area contributed by atoms with Crippen molar-refractivity contribution in [3.8, 4) is 17.0 Å². The number of halogens is 1. The number of nitrogens with zero attached hydrogens (tertiary/aromatic N) is 2. The van der Waals surface area contributed by atoms with E-state index in [1.165, 1.54) is 6.07 Å². The van der Waals surface area contributed by atoms with Gasteiger partial charge in [0.1, 0.15) is 23.0 Å². The average Bonchev–Trinajstić information content (AvgIpc) is 3.19. The number of carbonyl (C=O) groups excluding carboxylic acids is 1. The lowest BCUT2D eigenvalue weighted by atomic mass is 9.93. The second-order valence-corrected chi connectivity index (χ2v) is 7.34. The number of aromatic nitrogens is 2. The van der Waals surface area contributed by atoms with Crippen molar-refractivity contribution in [2.75, 3.05) is 13.2 Å². The van der Waals surface area contributed by atoms with Gasteiger partial charge in [-0.3, -0.25) is 9.89 Å². The van der Waals surface area contributed by atoms with Crippen LogP contribution in [-0.2, 0) is 0 Å². The maximum atomic E-state index is 14.7. The van der Waals surface area contributed by atoms with Crippen LogP contribution in [0.25, 0.3) is 11.3 Å². The lowest BCUT2D eigenvalue weighted by Gasteiger charge is -2.26. The number of aryl methyl sites for hydroxylation is 2. The minimum atomic E-state index is -0.695. The highest BCUT2D eigenvalue weighted by molar-refractivity contribution is 6.00. The van der Waals surface area contributed by atoms with Gasteiger partial charge in [-0.2, -0.15) is 5.10 Å². The van der Waals surface area contributed by atoms with Crippen molar-refractivity contribution in [3.63, 3.8) is 0 Å². The quantitative estimate of drug-likeness (QED) is 0.617. The average molecular weight is 395 g/mol. The van der Waals surface area contributed by atoms with E-state index in [2.05, 4.69) is 10.2 Å². The molecule has 0 radical (unpaired) electrons. The lowest BCUT2D eigenvalue weighted by molar-refractivity contribution is 0.0730. The molecule has 1 amide bonds. The summed E-state index contributed by atoms with van der Waals surface area (Å²) in [6.07, 6.45) is 0.374. The number of aliphatic hydroxyl groups is 1. The number of H-pyrrole nitrogens is 1. The van der Waals surface area contributed by atoms with Gasteiger partial charge in [-0.25, -0.2) is 4.39 Å². The largest absolute Gasteiger partial charge is 0.507 e. The molecule has 2 aromatic carbocycles. The number of benzene rings is 2. The van der Waals surface area contributed by atoms with Gasteiger partial charge in [0.15, 0.2) is 0 Å². The molecule has 150 valence electrons. The Kier molecular flexibility index (Phi) is 4.84. The van der Waals surface area contributed by atoms with Crippen molar-refractivity contribution in [3.05, 3.63) is 70.2 Å². The lowest BCUT2D eigenvalue weighted by Crippen LogP contribution is -2.31. The fourth-order valence-electron chi connectivity index (χ4n) is 4.13. The van der Waals surface area contributed by atoms with Gasteiger partial charge >= 0.3 is 0 Å². The highest BCUT2D eigenvalue weighted by Gasteiger charge is 2.43. The standard InChI is InChI=1S/C22H22FN3O3/c1-12-10-13(2)17(16(28)11-12)19-18-20(25-24-19)22(29)26(8-5-9-27)21(18)14-6-3-4-7-15(14)23/h3-4,6-7,10-11,21,27-28H,5,8-9H2,1-2H3,(H,24,25)/t21-/m0/s1. The van der Waals surface area contributed by atoms with Gasteiger partial charge in [-0.15, -0.1) is 0 Å². The van der Waals surface area contributed by atoms with Gasteiger partial charge in [0, 0.05) is 29.8 Å². The summed E-state index contributed by atoms with van der Waals surface area (Å²) >= 11 is 0. The van der Waals surface area contributed by atoms with E-state index in [0.29, 0.717) is 28.8 Å². The first kappa shape index (κ1) is 19.1. The smallest absolute Gasteiger partial charge is 0.273 e. The molecule has 4 rings (SSSR count). The maximum absolute atomic E-state index is 14.7. The zero-order chi connectivity index (χ0) is 20.7. The summed E-state index contributed by atoms with van der Waals surface area (Å²) < 4.78 is 14.7. The third-order valence-corrected chi connectivity index (χ3v) is 5.32. The minimum Gasteiger partial charge on any atom is -0.507 e. The number of aromatic hydroxyl groups is 1. The molecule has 1 aromatic heterocycles. The van der Waals surface area contributed by atoms with Crippen molar-refractivity contribution in [2.45, 2.75) is 26.3 Å². The number of fused-ring (bicyclic) bond motifs is 1. The van der Waals surface area contributed by atoms with Crippen LogP contribution in [0.15, 0.2) is 36.4 Å². The van der Waals surface area contributed by atoms with Gasteiger partial charge in [0.05, 0.1) is 6.04 Å². The van der Waals surface area contributed by atoms with Crippen LogP contribution in [0.3, 0.4) is 0 Å². The molecule has 2 heterocycles. The summed E-state index contributed by atoms with van der Waals surface area (Å²) in [7, 11) is 0. The van der Waals surface area contributed by atoms with E-state index >= 15 is 0 Å². The number of phenols is 1. The van der Waals surface area contributed by atoms with E-state index in [0.717, 1.165) is 11.1 Å². The van der Waals surface area contributed by atoms with Gasteiger partial charge in [0.25, 0.3) is 5.91 Å². The molecule has 0 aliphatic carbocycles. The van der Waals surface area contributed by atoms with Crippen molar-refractivity contribution >= 4 is 5.91 Å². The van der Waals surface area contributed by atoms with Crippen LogP contribution in [0.5, 0.6) is 5.75 Å². The molecular weight excluding hydrogens is 373 g/mol. The van der Waals surface area contributed by atoms with Crippen LogP contribution in [0.4, 0.5) is 4.39 Å². The Morgan fingerprint density at radius 2 is 2.00 bits per heavy atom. The molecule has 0 spiro atoms. The third-order valence-electron chi connectivity index (χ3n) is 5.32. The topological polar surface area (TPSA) is 89.5 Å². The fourth-order valence-corrected chi connectivity index (χ4v) is 4.13. The highest BCUT2D eigenvalue weighted by Crippen LogP contribution is 2.46. The molecule has 3 aromatic rings. The zero-order valence-electron chi connectivity index (χ0n) is 16.2.